The lowest BCUT2D eigenvalue weighted by Crippen LogP contribution is -2.33. The molecule has 0 bridgehead atoms. The quantitative estimate of drug-likeness (QED) is 0.303. The summed E-state index contributed by atoms with van der Waals surface area (Å²) in [5, 5.41) is 0. The summed E-state index contributed by atoms with van der Waals surface area (Å²) in [5.74, 6) is 0.0925. The van der Waals surface area contributed by atoms with Crippen LogP contribution in [-0.4, -0.2) is 24.8 Å². The molecule has 0 spiro atoms. The molecule has 146 valence electrons. The third-order valence-electron chi connectivity index (χ3n) is 4.88. The summed E-state index contributed by atoms with van der Waals surface area (Å²) in [7, 11) is 0. The highest BCUT2D eigenvalue weighted by molar-refractivity contribution is 5.94. The van der Waals surface area contributed by atoms with Crippen LogP contribution in [0.4, 0.5) is 0 Å². The first kappa shape index (κ1) is 22.4. The molecule has 3 heteroatoms. The van der Waals surface area contributed by atoms with Crippen LogP contribution in [0.2, 0.25) is 0 Å². The fourth-order valence-corrected chi connectivity index (χ4v) is 3.23. The third-order valence-corrected chi connectivity index (χ3v) is 4.88. The van der Waals surface area contributed by atoms with Gasteiger partial charge in [-0.3, -0.25) is 4.79 Å². The van der Waals surface area contributed by atoms with Crippen LogP contribution in [0.1, 0.15) is 104 Å². The molecule has 25 heavy (non-hydrogen) atoms. The Hall–Kier alpha value is -0.670. The summed E-state index contributed by atoms with van der Waals surface area (Å²) < 4.78 is 11.6. The zero-order chi connectivity index (χ0) is 18.2. The van der Waals surface area contributed by atoms with Gasteiger partial charge in [-0.25, -0.2) is 0 Å². The molecule has 2 atom stereocenters. The minimum atomic E-state index is -0.331. The average Bonchev–Trinajstić information content (AvgIpc) is 2.62. The predicted molar refractivity (Wildman–Crippen MR) is 105 cm³/mol. The van der Waals surface area contributed by atoms with Crippen molar-refractivity contribution in [1.82, 2.24) is 0 Å². The predicted octanol–water partition coefficient (Wildman–Crippen LogP) is 6.35. The van der Waals surface area contributed by atoms with E-state index in [4.69, 9.17) is 9.47 Å². The highest BCUT2D eigenvalue weighted by Gasteiger charge is 2.24. The van der Waals surface area contributed by atoms with Gasteiger partial charge in [-0.1, -0.05) is 90.9 Å². The molecule has 0 amide bonds. The van der Waals surface area contributed by atoms with Crippen LogP contribution >= 0.6 is 0 Å². The molecule has 0 aliphatic carbocycles. The number of ketones is 1. The molecule has 2 unspecified atom stereocenters. The van der Waals surface area contributed by atoms with E-state index in [0.717, 1.165) is 38.7 Å². The molecule has 0 fully saturated rings. The fraction of sp³-hybridized carbons (Fsp3) is 0.864. The maximum absolute atomic E-state index is 11.8. The van der Waals surface area contributed by atoms with Gasteiger partial charge in [0.1, 0.15) is 6.10 Å². The minimum absolute atomic E-state index is 0.0925. The normalized spacial score (nSPS) is 20.3. The van der Waals surface area contributed by atoms with Gasteiger partial charge in [0.25, 0.3) is 0 Å². The number of rotatable bonds is 16. The third kappa shape index (κ3) is 11.5. The van der Waals surface area contributed by atoms with Crippen LogP contribution in [0, 0.1) is 0 Å². The van der Waals surface area contributed by atoms with Crippen molar-refractivity contribution < 1.29 is 14.3 Å². The Balaban J connectivity index is 1.97. The maximum Gasteiger partial charge on any atom is 0.184 e. The first-order chi connectivity index (χ1) is 12.3. The van der Waals surface area contributed by atoms with Gasteiger partial charge in [-0.2, -0.15) is 0 Å². The van der Waals surface area contributed by atoms with Crippen LogP contribution in [0.3, 0.4) is 0 Å². The van der Waals surface area contributed by atoms with Gasteiger partial charge in [-0.15, -0.1) is 0 Å². The van der Waals surface area contributed by atoms with E-state index in [1.165, 1.54) is 57.8 Å². The Morgan fingerprint density at radius 2 is 1.40 bits per heavy atom. The van der Waals surface area contributed by atoms with Crippen LogP contribution < -0.4 is 0 Å². The van der Waals surface area contributed by atoms with Gasteiger partial charge in [0.05, 0.1) is 6.61 Å². The molecule has 0 aromatic heterocycles. The monoisotopic (exact) mass is 352 g/mol. The lowest BCUT2D eigenvalue weighted by molar-refractivity contribution is -0.164. The van der Waals surface area contributed by atoms with Gasteiger partial charge in [-0.05, 0) is 25.0 Å². The number of hydrogen-bond donors (Lipinski definition) is 0. The molecule has 0 aromatic carbocycles. The second kappa shape index (κ2) is 15.6. The Morgan fingerprint density at radius 1 is 0.840 bits per heavy atom. The molecule has 1 rings (SSSR count). The summed E-state index contributed by atoms with van der Waals surface area (Å²) in [5.41, 5.74) is 0. The van der Waals surface area contributed by atoms with Crippen molar-refractivity contribution in [3.05, 3.63) is 12.2 Å². The van der Waals surface area contributed by atoms with Crippen LogP contribution in [0.5, 0.6) is 0 Å². The minimum Gasteiger partial charge on any atom is -0.349 e. The summed E-state index contributed by atoms with van der Waals surface area (Å²) in [4.78, 5) is 11.8. The SMILES string of the molecule is CCCCCCCCCCCCOC1C=CC(=O)C(CCCCC)O1. The van der Waals surface area contributed by atoms with E-state index in [9.17, 15) is 4.79 Å². The number of unbranched alkanes of at least 4 members (excludes halogenated alkanes) is 11. The molecular formula is C22H40O3. The van der Waals surface area contributed by atoms with Gasteiger partial charge in [0.2, 0.25) is 0 Å². The zero-order valence-corrected chi connectivity index (χ0v) is 16.6. The van der Waals surface area contributed by atoms with Crippen LogP contribution in [0.25, 0.3) is 0 Å². The molecule has 1 aliphatic rings. The summed E-state index contributed by atoms with van der Waals surface area (Å²) in [6.07, 6.45) is 20.2. The summed E-state index contributed by atoms with van der Waals surface area (Å²) in [6, 6.07) is 0. The Kier molecular flexibility index (Phi) is 13.9. The number of ether oxygens (including phenoxy) is 2. The molecule has 0 radical (unpaired) electrons. The molecule has 0 N–H and O–H groups in total. The lowest BCUT2D eigenvalue weighted by atomic mass is 10.1. The topological polar surface area (TPSA) is 35.5 Å². The van der Waals surface area contributed by atoms with Crippen molar-refractivity contribution in [1.29, 1.82) is 0 Å². The van der Waals surface area contributed by atoms with E-state index in [2.05, 4.69) is 13.8 Å². The van der Waals surface area contributed by atoms with Crippen molar-refractivity contribution in [2.45, 2.75) is 116 Å². The van der Waals surface area contributed by atoms with Crippen molar-refractivity contribution in [3.8, 4) is 0 Å². The van der Waals surface area contributed by atoms with E-state index in [1.807, 2.05) is 0 Å². The van der Waals surface area contributed by atoms with Crippen molar-refractivity contribution in [2.75, 3.05) is 6.61 Å². The number of carbonyl (C=O) groups excluding carboxylic acids is 1. The largest absolute Gasteiger partial charge is 0.349 e. The molecular weight excluding hydrogens is 312 g/mol. The van der Waals surface area contributed by atoms with E-state index in [0.29, 0.717) is 0 Å². The van der Waals surface area contributed by atoms with E-state index in [-0.39, 0.29) is 18.2 Å². The number of carbonyl (C=O) groups is 1. The molecule has 1 heterocycles. The van der Waals surface area contributed by atoms with E-state index in [1.54, 1.807) is 12.2 Å². The molecule has 1 aliphatic heterocycles. The lowest BCUT2D eigenvalue weighted by Gasteiger charge is -2.25. The van der Waals surface area contributed by atoms with E-state index < -0.39 is 0 Å². The van der Waals surface area contributed by atoms with Crippen LogP contribution in [0.15, 0.2) is 12.2 Å². The first-order valence-corrected chi connectivity index (χ1v) is 10.8. The summed E-state index contributed by atoms with van der Waals surface area (Å²) in [6.45, 7) is 5.16. The van der Waals surface area contributed by atoms with Crippen molar-refractivity contribution in [3.63, 3.8) is 0 Å². The van der Waals surface area contributed by atoms with E-state index >= 15 is 0 Å². The molecule has 0 saturated carbocycles. The smallest absolute Gasteiger partial charge is 0.184 e. The Morgan fingerprint density at radius 3 is 2.04 bits per heavy atom. The van der Waals surface area contributed by atoms with Gasteiger partial charge in [0, 0.05) is 0 Å². The Labute approximate surface area is 155 Å². The second-order valence-electron chi connectivity index (χ2n) is 7.30. The Bertz CT molecular complexity index is 351. The number of hydrogen-bond acceptors (Lipinski definition) is 3. The fourth-order valence-electron chi connectivity index (χ4n) is 3.23. The molecule has 0 saturated heterocycles. The highest BCUT2D eigenvalue weighted by atomic mass is 16.7. The van der Waals surface area contributed by atoms with Gasteiger partial charge >= 0.3 is 0 Å². The van der Waals surface area contributed by atoms with Gasteiger partial charge < -0.3 is 9.47 Å². The average molecular weight is 353 g/mol. The molecule has 3 nitrogen and oxygen atoms in total. The summed E-state index contributed by atoms with van der Waals surface area (Å²) >= 11 is 0. The van der Waals surface area contributed by atoms with Crippen molar-refractivity contribution >= 4 is 5.78 Å². The van der Waals surface area contributed by atoms with Crippen LogP contribution in [-0.2, 0) is 14.3 Å². The molecule has 0 aromatic rings. The highest BCUT2D eigenvalue weighted by Crippen LogP contribution is 2.17. The standard InChI is InChI=1S/C22H40O3/c1-3-5-7-8-9-10-11-12-13-15-19-24-22-18-17-20(23)21(25-22)16-14-6-4-2/h17-18,21-22H,3-16,19H2,1-2H3. The van der Waals surface area contributed by atoms with Crippen molar-refractivity contribution in [2.24, 2.45) is 0 Å². The second-order valence-corrected chi connectivity index (χ2v) is 7.30. The first-order valence-electron chi connectivity index (χ1n) is 10.8. The zero-order valence-electron chi connectivity index (χ0n) is 16.6. The van der Waals surface area contributed by atoms with Gasteiger partial charge in [0.15, 0.2) is 12.1 Å². The maximum atomic E-state index is 11.8.